The maximum atomic E-state index is 11.7. The minimum Gasteiger partial charge on any atom is -0.384 e. The Morgan fingerprint density at radius 1 is 1.41 bits per heavy atom. The molecule has 1 aromatic rings. The standard InChI is InChI=1S/C13H20N2O2/c1-15(13(16)6-7-17-2)10-12-5-3-4-11(8-12)9-14/h3-5,8H,6-7,9-10,14H2,1-2H3. The maximum Gasteiger partial charge on any atom is 0.224 e. The van der Waals surface area contributed by atoms with Gasteiger partial charge in [-0.15, -0.1) is 0 Å². The normalized spacial score (nSPS) is 10.3. The predicted octanol–water partition coefficient (Wildman–Crippen LogP) is 1.14. The van der Waals surface area contributed by atoms with Crippen molar-refractivity contribution in [1.29, 1.82) is 0 Å². The van der Waals surface area contributed by atoms with Crippen LogP contribution >= 0.6 is 0 Å². The Labute approximate surface area is 102 Å². The lowest BCUT2D eigenvalue weighted by Crippen LogP contribution is -2.27. The van der Waals surface area contributed by atoms with Gasteiger partial charge in [-0.1, -0.05) is 24.3 Å². The molecule has 0 unspecified atom stereocenters. The third-order valence-electron chi connectivity index (χ3n) is 2.59. The predicted molar refractivity (Wildman–Crippen MR) is 67.3 cm³/mol. The molecule has 4 nitrogen and oxygen atoms in total. The molecule has 1 amide bonds. The Hall–Kier alpha value is -1.39. The molecule has 0 aliphatic carbocycles. The van der Waals surface area contributed by atoms with Crippen molar-refractivity contribution >= 4 is 5.91 Å². The fourth-order valence-electron chi connectivity index (χ4n) is 1.60. The van der Waals surface area contributed by atoms with Gasteiger partial charge in [0.1, 0.15) is 0 Å². The number of nitrogens with two attached hydrogens (primary N) is 1. The molecule has 0 aliphatic heterocycles. The monoisotopic (exact) mass is 236 g/mol. The van der Waals surface area contributed by atoms with Crippen LogP contribution in [0.2, 0.25) is 0 Å². The van der Waals surface area contributed by atoms with Crippen molar-refractivity contribution in [3.05, 3.63) is 35.4 Å². The largest absolute Gasteiger partial charge is 0.384 e. The fourth-order valence-corrected chi connectivity index (χ4v) is 1.60. The van der Waals surface area contributed by atoms with E-state index < -0.39 is 0 Å². The van der Waals surface area contributed by atoms with Gasteiger partial charge in [0.25, 0.3) is 0 Å². The second-order valence-corrected chi connectivity index (χ2v) is 4.02. The number of nitrogens with zero attached hydrogens (tertiary/aromatic N) is 1. The molecule has 0 spiro atoms. The van der Waals surface area contributed by atoms with Gasteiger partial charge in [0, 0.05) is 27.2 Å². The number of ether oxygens (including phenoxy) is 1. The second-order valence-electron chi connectivity index (χ2n) is 4.02. The Bertz CT molecular complexity index is 366. The summed E-state index contributed by atoms with van der Waals surface area (Å²) < 4.78 is 4.89. The summed E-state index contributed by atoms with van der Waals surface area (Å²) in [5.74, 6) is 0.0880. The van der Waals surface area contributed by atoms with Gasteiger partial charge in [0.15, 0.2) is 0 Å². The van der Waals surface area contributed by atoms with Crippen molar-refractivity contribution in [2.45, 2.75) is 19.5 Å². The van der Waals surface area contributed by atoms with Crippen LogP contribution in [0.15, 0.2) is 24.3 Å². The smallest absolute Gasteiger partial charge is 0.224 e. The van der Waals surface area contributed by atoms with Gasteiger partial charge in [0.2, 0.25) is 5.91 Å². The second kappa shape index (κ2) is 7.04. The molecule has 0 heterocycles. The number of hydrogen-bond acceptors (Lipinski definition) is 3. The zero-order valence-corrected chi connectivity index (χ0v) is 10.5. The topological polar surface area (TPSA) is 55.6 Å². The number of carbonyl (C=O) groups excluding carboxylic acids is 1. The van der Waals surface area contributed by atoms with E-state index in [9.17, 15) is 4.79 Å². The number of methoxy groups -OCH3 is 1. The number of amides is 1. The summed E-state index contributed by atoms with van der Waals surface area (Å²) in [4.78, 5) is 13.4. The summed E-state index contributed by atoms with van der Waals surface area (Å²) in [6.07, 6.45) is 0.420. The van der Waals surface area contributed by atoms with Gasteiger partial charge in [-0.05, 0) is 11.1 Å². The van der Waals surface area contributed by atoms with Gasteiger partial charge in [-0.25, -0.2) is 0 Å². The van der Waals surface area contributed by atoms with E-state index in [2.05, 4.69) is 0 Å². The average molecular weight is 236 g/mol. The third kappa shape index (κ3) is 4.54. The average Bonchev–Trinajstić information content (AvgIpc) is 2.36. The summed E-state index contributed by atoms with van der Waals surface area (Å²) >= 11 is 0. The highest BCUT2D eigenvalue weighted by molar-refractivity contribution is 5.75. The number of hydrogen-bond donors (Lipinski definition) is 1. The van der Waals surface area contributed by atoms with E-state index in [0.29, 0.717) is 26.1 Å². The van der Waals surface area contributed by atoms with E-state index in [-0.39, 0.29) is 5.91 Å². The van der Waals surface area contributed by atoms with Crippen molar-refractivity contribution < 1.29 is 9.53 Å². The highest BCUT2D eigenvalue weighted by Crippen LogP contribution is 2.08. The van der Waals surface area contributed by atoms with Crippen molar-refractivity contribution in [2.24, 2.45) is 5.73 Å². The minimum absolute atomic E-state index is 0.0880. The van der Waals surface area contributed by atoms with Gasteiger partial charge in [-0.3, -0.25) is 4.79 Å². The van der Waals surface area contributed by atoms with E-state index >= 15 is 0 Å². The van der Waals surface area contributed by atoms with E-state index in [4.69, 9.17) is 10.5 Å². The summed E-state index contributed by atoms with van der Waals surface area (Å²) in [5, 5.41) is 0. The molecule has 4 heteroatoms. The number of rotatable bonds is 6. The summed E-state index contributed by atoms with van der Waals surface area (Å²) in [5.41, 5.74) is 7.76. The summed E-state index contributed by atoms with van der Waals surface area (Å²) in [6, 6.07) is 7.97. The van der Waals surface area contributed by atoms with Gasteiger partial charge in [-0.2, -0.15) is 0 Å². The van der Waals surface area contributed by atoms with Crippen LogP contribution in [0.5, 0.6) is 0 Å². The number of benzene rings is 1. The molecule has 0 bridgehead atoms. The van der Waals surface area contributed by atoms with Crippen LogP contribution in [0, 0.1) is 0 Å². The summed E-state index contributed by atoms with van der Waals surface area (Å²) in [7, 11) is 3.39. The van der Waals surface area contributed by atoms with E-state index in [0.717, 1.165) is 11.1 Å². The lowest BCUT2D eigenvalue weighted by Gasteiger charge is -2.17. The van der Waals surface area contributed by atoms with Crippen LogP contribution in [-0.4, -0.2) is 31.6 Å². The fraction of sp³-hybridized carbons (Fsp3) is 0.462. The van der Waals surface area contributed by atoms with Crippen molar-refractivity contribution in [3.63, 3.8) is 0 Å². The van der Waals surface area contributed by atoms with Crippen LogP contribution < -0.4 is 5.73 Å². The number of carbonyl (C=O) groups is 1. The zero-order chi connectivity index (χ0) is 12.7. The molecule has 0 saturated heterocycles. The molecule has 2 N–H and O–H groups in total. The molecule has 0 aliphatic rings. The van der Waals surface area contributed by atoms with E-state index in [1.807, 2.05) is 24.3 Å². The molecular weight excluding hydrogens is 216 g/mol. The first-order valence-electron chi connectivity index (χ1n) is 5.68. The molecule has 1 aromatic carbocycles. The zero-order valence-electron chi connectivity index (χ0n) is 10.5. The Morgan fingerprint density at radius 2 is 2.12 bits per heavy atom. The Kier molecular flexibility index (Phi) is 5.66. The van der Waals surface area contributed by atoms with Crippen molar-refractivity contribution in [1.82, 2.24) is 4.90 Å². The van der Waals surface area contributed by atoms with Crippen LogP contribution in [0.25, 0.3) is 0 Å². The van der Waals surface area contributed by atoms with E-state index in [1.54, 1.807) is 19.1 Å². The Balaban J connectivity index is 2.54. The van der Waals surface area contributed by atoms with Gasteiger partial charge >= 0.3 is 0 Å². The quantitative estimate of drug-likeness (QED) is 0.806. The van der Waals surface area contributed by atoms with Crippen molar-refractivity contribution in [3.8, 4) is 0 Å². The van der Waals surface area contributed by atoms with Crippen LogP contribution in [0.4, 0.5) is 0 Å². The third-order valence-corrected chi connectivity index (χ3v) is 2.59. The highest BCUT2D eigenvalue weighted by Gasteiger charge is 2.08. The van der Waals surface area contributed by atoms with Crippen LogP contribution in [0.3, 0.4) is 0 Å². The molecule has 1 rings (SSSR count). The first-order chi connectivity index (χ1) is 8.17. The highest BCUT2D eigenvalue weighted by atomic mass is 16.5. The molecule has 17 heavy (non-hydrogen) atoms. The molecular formula is C13H20N2O2. The molecule has 0 atom stereocenters. The first kappa shape index (κ1) is 13.7. The SMILES string of the molecule is COCCC(=O)N(C)Cc1cccc(CN)c1. The first-order valence-corrected chi connectivity index (χ1v) is 5.68. The molecule has 0 fully saturated rings. The van der Waals surface area contributed by atoms with Gasteiger partial charge < -0.3 is 15.4 Å². The Morgan fingerprint density at radius 3 is 2.76 bits per heavy atom. The van der Waals surface area contributed by atoms with Gasteiger partial charge in [0.05, 0.1) is 13.0 Å². The molecule has 94 valence electrons. The molecule has 0 saturated carbocycles. The maximum absolute atomic E-state index is 11.7. The van der Waals surface area contributed by atoms with Crippen LogP contribution in [-0.2, 0) is 22.6 Å². The summed E-state index contributed by atoms with van der Waals surface area (Å²) in [6.45, 7) is 1.59. The lowest BCUT2D eigenvalue weighted by molar-refractivity contribution is -0.131. The molecule has 0 radical (unpaired) electrons. The van der Waals surface area contributed by atoms with Crippen LogP contribution in [0.1, 0.15) is 17.5 Å². The van der Waals surface area contributed by atoms with E-state index in [1.165, 1.54) is 0 Å². The van der Waals surface area contributed by atoms with Crippen molar-refractivity contribution in [2.75, 3.05) is 20.8 Å². The minimum atomic E-state index is 0.0880. The lowest BCUT2D eigenvalue weighted by atomic mass is 10.1. The molecule has 0 aromatic heterocycles.